The normalized spacial score (nSPS) is 18.0. The molecule has 204 valence electrons. The maximum absolute atomic E-state index is 14.1. The maximum Gasteiger partial charge on any atom is 0.305 e. The fraction of sp³-hybridized carbons (Fsp3) is 0.344. The highest BCUT2D eigenvalue weighted by Crippen LogP contribution is 2.44. The average Bonchev–Trinajstić information content (AvgIpc) is 2.92. The van der Waals surface area contributed by atoms with Crippen molar-refractivity contribution in [3.05, 3.63) is 94.5 Å². The third-order valence-corrected chi connectivity index (χ3v) is 7.46. The monoisotopic (exact) mass is 546 g/mol. The van der Waals surface area contributed by atoms with Crippen LogP contribution in [0.25, 0.3) is 0 Å². The molecule has 1 aliphatic heterocycles. The van der Waals surface area contributed by atoms with Gasteiger partial charge in [-0.05, 0) is 74.6 Å². The molecule has 1 heterocycles. The van der Waals surface area contributed by atoms with E-state index in [0.29, 0.717) is 29.3 Å². The molecule has 0 aliphatic carbocycles. The first kappa shape index (κ1) is 28.4. The Morgan fingerprint density at radius 3 is 2.31 bits per heavy atom. The quantitative estimate of drug-likeness (QED) is 0.168. The van der Waals surface area contributed by atoms with Gasteiger partial charge in [-0.3, -0.25) is 14.4 Å². The zero-order valence-electron chi connectivity index (χ0n) is 22.7. The van der Waals surface area contributed by atoms with Crippen LogP contribution >= 0.6 is 11.6 Å². The number of ether oxygens (including phenoxy) is 1. The molecular weight excluding hydrogens is 512 g/mol. The number of fused-ring (bicyclic) bond motifs is 1. The zero-order valence-corrected chi connectivity index (χ0v) is 23.4. The molecule has 0 fully saturated rings. The smallest absolute Gasteiger partial charge is 0.305 e. The molecule has 1 N–H and O–H groups in total. The SMILES string of the molecule is CCOC(=O)CCCCc1ccc(C(=O)C2[C@H](C)Nc3ccccc3[C@@H]2N(C(C)=O)c2ccc(Cl)cc2)cc1. The lowest BCUT2D eigenvalue weighted by Gasteiger charge is -2.43. The van der Waals surface area contributed by atoms with E-state index in [2.05, 4.69) is 5.32 Å². The van der Waals surface area contributed by atoms with Crippen LogP contribution in [0.15, 0.2) is 72.8 Å². The minimum Gasteiger partial charge on any atom is -0.466 e. The van der Waals surface area contributed by atoms with Gasteiger partial charge in [0.05, 0.1) is 18.6 Å². The maximum atomic E-state index is 14.1. The number of rotatable bonds is 10. The van der Waals surface area contributed by atoms with Gasteiger partial charge in [-0.1, -0.05) is 54.1 Å². The number of anilines is 2. The van der Waals surface area contributed by atoms with E-state index in [1.54, 1.807) is 24.0 Å². The average molecular weight is 547 g/mol. The van der Waals surface area contributed by atoms with Crippen molar-refractivity contribution in [2.75, 3.05) is 16.8 Å². The molecule has 1 unspecified atom stereocenters. The summed E-state index contributed by atoms with van der Waals surface area (Å²) < 4.78 is 4.99. The number of Topliss-reactive ketones (excluding diaryl/α,β-unsaturated/α-hetero) is 1. The molecule has 1 amide bonds. The fourth-order valence-corrected chi connectivity index (χ4v) is 5.48. The highest BCUT2D eigenvalue weighted by atomic mass is 35.5. The number of carbonyl (C=O) groups is 3. The lowest BCUT2D eigenvalue weighted by Crippen LogP contribution is -2.49. The van der Waals surface area contributed by atoms with Gasteiger partial charge in [-0.15, -0.1) is 0 Å². The number of halogens is 1. The molecule has 0 radical (unpaired) electrons. The van der Waals surface area contributed by atoms with Crippen LogP contribution in [-0.2, 0) is 20.7 Å². The van der Waals surface area contributed by atoms with Gasteiger partial charge < -0.3 is 15.0 Å². The molecule has 0 spiro atoms. The van der Waals surface area contributed by atoms with Gasteiger partial charge in [0.15, 0.2) is 5.78 Å². The van der Waals surface area contributed by atoms with E-state index in [-0.39, 0.29) is 23.7 Å². The first-order chi connectivity index (χ1) is 18.8. The Hall–Kier alpha value is -3.64. The van der Waals surface area contributed by atoms with Gasteiger partial charge in [0, 0.05) is 41.3 Å². The standard InChI is InChI=1S/C32H35ClN2O4/c1-4-39-29(37)12-8-5-9-23-13-15-24(16-14-23)32(38)30-21(2)34-28-11-7-6-10-27(28)31(30)35(22(3)36)26-19-17-25(33)18-20-26/h6-7,10-11,13-21,30-31,34H,4-5,8-9,12H2,1-3H3/t21-,30?,31-/m0/s1. The summed E-state index contributed by atoms with van der Waals surface area (Å²) in [6, 6.07) is 22.0. The molecule has 0 bridgehead atoms. The van der Waals surface area contributed by atoms with Crippen LogP contribution in [-0.4, -0.2) is 30.3 Å². The highest BCUT2D eigenvalue weighted by Gasteiger charge is 2.43. The molecule has 4 rings (SSSR count). The van der Waals surface area contributed by atoms with Crippen LogP contribution in [0.3, 0.4) is 0 Å². The van der Waals surface area contributed by atoms with Gasteiger partial charge >= 0.3 is 5.97 Å². The number of aryl methyl sites for hydroxylation is 1. The van der Waals surface area contributed by atoms with Crippen molar-refractivity contribution in [2.24, 2.45) is 5.92 Å². The lowest BCUT2D eigenvalue weighted by molar-refractivity contribution is -0.143. The van der Waals surface area contributed by atoms with E-state index in [1.165, 1.54) is 6.92 Å². The largest absolute Gasteiger partial charge is 0.466 e. The molecule has 0 saturated carbocycles. The molecule has 3 atom stereocenters. The number of hydrogen-bond acceptors (Lipinski definition) is 5. The number of amides is 1. The van der Waals surface area contributed by atoms with E-state index >= 15 is 0 Å². The van der Waals surface area contributed by atoms with Crippen molar-refractivity contribution >= 4 is 40.6 Å². The molecule has 3 aromatic carbocycles. The van der Waals surface area contributed by atoms with Crippen LogP contribution in [0.4, 0.5) is 11.4 Å². The fourth-order valence-electron chi connectivity index (χ4n) is 5.36. The summed E-state index contributed by atoms with van der Waals surface area (Å²) in [7, 11) is 0. The number of benzene rings is 3. The van der Waals surface area contributed by atoms with E-state index in [4.69, 9.17) is 16.3 Å². The predicted octanol–water partition coefficient (Wildman–Crippen LogP) is 7.02. The van der Waals surface area contributed by atoms with Crippen LogP contribution < -0.4 is 10.2 Å². The Morgan fingerprint density at radius 1 is 0.949 bits per heavy atom. The van der Waals surface area contributed by atoms with E-state index in [0.717, 1.165) is 36.1 Å². The van der Waals surface area contributed by atoms with E-state index in [1.807, 2.05) is 67.6 Å². The van der Waals surface area contributed by atoms with Gasteiger partial charge in [-0.2, -0.15) is 0 Å². The summed E-state index contributed by atoms with van der Waals surface area (Å²) in [5.41, 5.74) is 4.22. The first-order valence-electron chi connectivity index (χ1n) is 13.5. The van der Waals surface area contributed by atoms with Crippen LogP contribution in [0.5, 0.6) is 0 Å². The summed E-state index contributed by atoms with van der Waals surface area (Å²) in [6.45, 7) is 5.73. The summed E-state index contributed by atoms with van der Waals surface area (Å²) in [4.78, 5) is 40.5. The van der Waals surface area contributed by atoms with Crippen LogP contribution in [0.2, 0.25) is 5.02 Å². The molecule has 0 saturated heterocycles. The molecule has 7 heteroatoms. The minimum absolute atomic E-state index is 0.0245. The van der Waals surface area contributed by atoms with Crippen molar-refractivity contribution in [1.29, 1.82) is 0 Å². The minimum atomic E-state index is -0.519. The van der Waals surface area contributed by atoms with E-state index < -0.39 is 12.0 Å². The van der Waals surface area contributed by atoms with Crippen LogP contribution in [0.1, 0.15) is 67.6 Å². The molecule has 39 heavy (non-hydrogen) atoms. The number of nitrogens with zero attached hydrogens (tertiary/aromatic N) is 1. The number of unbranched alkanes of at least 4 members (excludes halogenated alkanes) is 1. The number of para-hydroxylation sites is 1. The van der Waals surface area contributed by atoms with Gasteiger partial charge in [0.2, 0.25) is 5.91 Å². The number of esters is 1. The van der Waals surface area contributed by atoms with Gasteiger partial charge in [0.25, 0.3) is 0 Å². The van der Waals surface area contributed by atoms with Crippen molar-refractivity contribution in [1.82, 2.24) is 0 Å². The molecule has 1 aliphatic rings. The second-order valence-corrected chi connectivity index (χ2v) is 10.4. The topological polar surface area (TPSA) is 75.7 Å². The van der Waals surface area contributed by atoms with Gasteiger partial charge in [-0.25, -0.2) is 0 Å². The molecular formula is C32H35ClN2O4. The number of carbonyl (C=O) groups excluding carboxylic acids is 3. The number of ketones is 1. The Labute approximate surface area is 235 Å². The lowest BCUT2D eigenvalue weighted by atomic mass is 9.77. The summed E-state index contributed by atoms with van der Waals surface area (Å²) >= 11 is 6.14. The third-order valence-electron chi connectivity index (χ3n) is 7.21. The van der Waals surface area contributed by atoms with Gasteiger partial charge in [0.1, 0.15) is 0 Å². The number of nitrogens with one attached hydrogen (secondary N) is 1. The Balaban J connectivity index is 1.60. The summed E-state index contributed by atoms with van der Waals surface area (Å²) in [5.74, 6) is -0.858. The number of hydrogen-bond donors (Lipinski definition) is 1. The first-order valence-corrected chi connectivity index (χ1v) is 13.9. The zero-order chi connectivity index (χ0) is 27.9. The van der Waals surface area contributed by atoms with E-state index in [9.17, 15) is 14.4 Å². The molecule has 6 nitrogen and oxygen atoms in total. The van der Waals surface area contributed by atoms with Crippen LogP contribution in [0, 0.1) is 5.92 Å². The third kappa shape index (κ3) is 6.69. The van der Waals surface area contributed by atoms with Crippen molar-refractivity contribution in [3.63, 3.8) is 0 Å². The molecule has 3 aromatic rings. The van der Waals surface area contributed by atoms with Crippen molar-refractivity contribution in [3.8, 4) is 0 Å². The second-order valence-electron chi connectivity index (χ2n) is 9.93. The Morgan fingerprint density at radius 2 is 1.64 bits per heavy atom. The summed E-state index contributed by atoms with van der Waals surface area (Å²) in [5, 5.41) is 4.07. The Kier molecular flexibility index (Phi) is 9.41. The molecule has 0 aromatic heterocycles. The highest BCUT2D eigenvalue weighted by molar-refractivity contribution is 6.30. The Bertz CT molecular complexity index is 1310. The van der Waals surface area contributed by atoms with Crippen molar-refractivity contribution < 1.29 is 19.1 Å². The summed E-state index contributed by atoms with van der Waals surface area (Å²) in [6.07, 6.45) is 2.86. The predicted molar refractivity (Wildman–Crippen MR) is 155 cm³/mol. The van der Waals surface area contributed by atoms with Crippen molar-refractivity contribution in [2.45, 2.75) is 58.5 Å². The second kappa shape index (κ2) is 12.9.